The summed E-state index contributed by atoms with van der Waals surface area (Å²) in [5.74, 6) is 2.57. The normalized spacial score (nSPS) is 13.7. The first-order chi connectivity index (χ1) is 16.7. The van der Waals surface area contributed by atoms with Crippen LogP contribution in [0.5, 0.6) is 17.2 Å². The Bertz CT molecular complexity index is 862. The van der Waals surface area contributed by atoms with Crippen molar-refractivity contribution in [3.8, 4) is 17.2 Å². The number of anilines is 1. The summed E-state index contributed by atoms with van der Waals surface area (Å²) in [6.45, 7) is 9.41. The fourth-order valence-electron chi connectivity index (χ4n) is 4.20. The zero-order valence-corrected chi connectivity index (χ0v) is 21.1. The first-order valence-electron chi connectivity index (χ1n) is 12.1. The van der Waals surface area contributed by atoms with Gasteiger partial charge in [-0.15, -0.1) is 0 Å². The molecular weight excluding hydrogens is 430 g/mol. The van der Waals surface area contributed by atoms with E-state index in [1.807, 2.05) is 12.9 Å². The van der Waals surface area contributed by atoms with Gasteiger partial charge in [0.1, 0.15) is 12.5 Å². The number of carbonyl (C=O) groups is 1. The van der Waals surface area contributed by atoms with Crippen LogP contribution in [0, 0.1) is 0 Å². The van der Waals surface area contributed by atoms with E-state index in [9.17, 15) is 0 Å². The van der Waals surface area contributed by atoms with Crippen LogP contribution in [0.1, 0.15) is 43.7 Å². The SMILES string of the molecule is C=O.CCCCCOc1cc(N2CCCN(Cc3ccc(CCN)cc3OC)C2)ccc1OC. The summed E-state index contributed by atoms with van der Waals surface area (Å²) >= 11 is 0. The predicted octanol–water partition coefficient (Wildman–Crippen LogP) is 4.26. The Morgan fingerprint density at radius 2 is 1.76 bits per heavy atom. The molecule has 0 spiro atoms. The van der Waals surface area contributed by atoms with Crippen LogP contribution in [0.2, 0.25) is 0 Å². The molecule has 3 rings (SSSR count). The zero-order valence-electron chi connectivity index (χ0n) is 21.1. The predicted molar refractivity (Wildman–Crippen MR) is 138 cm³/mol. The molecule has 2 aromatic carbocycles. The van der Waals surface area contributed by atoms with Crippen molar-refractivity contribution in [2.24, 2.45) is 5.73 Å². The molecule has 1 fully saturated rings. The van der Waals surface area contributed by atoms with Gasteiger partial charge in [-0.05, 0) is 49.6 Å². The highest BCUT2D eigenvalue weighted by Gasteiger charge is 2.20. The molecule has 7 heteroatoms. The van der Waals surface area contributed by atoms with Gasteiger partial charge >= 0.3 is 0 Å². The van der Waals surface area contributed by atoms with E-state index in [2.05, 4.69) is 47.1 Å². The summed E-state index contributed by atoms with van der Waals surface area (Å²) in [5, 5.41) is 0. The van der Waals surface area contributed by atoms with Crippen molar-refractivity contribution in [1.29, 1.82) is 0 Å². The summed E-state index contributed by atoms with van der Waals surface area (Å²) in [6.07, 6.45) is 5.42. The van der Waals surface area contributed by atoms with E-state index < -0.39 is 0 Å². The molecule has 188 valence electrons. The fourth-order valence-corrected chi connectivity index (χ4v) is 4.20. The minimum atomic E-state index is 0.649. The van der Waals surface area contributed by atoms with Crippen molar-refractivity contribution in [3.63, 3.8) is 0 Å². The first-order valence-corrected chi connectivity index (χ1v) is 12.1. The van der Waals surface area contributed by atoms with Gasteiger partial charge in [-0.25, -0.2) is 0 Å². The second kappa shape index (κ2) is 15.2. The lowest BCUT2D eigenvalue weighted by molar-refractivity contribution is -0.0979. The van der Waals surface area contributed by atoms with E-state index in [0.717, 1.165) is 69.4 Å². The maximum Gasteiger partial charge on any atom is 0.163 e. The number of rotatable bonds is 12. The van der Waals surface area contributed by atoms with Crippen LogP contribution in [-0.4, -0.2) is 58.8 Å². The Morgan fingerprint density at radius 1 is 0.971 bits per heavy atom. The molecule has 0 unspecified atom stereocenters. The van der Waals surface area contributed by atoms with Gasteiger partial charge in [0.15, 0.2) is 11.5 Å². The Kier molecular flexibility index (Phi) is 12.3. The third-order valence-corrected chi connectivity index (χ3v) is 5.97. The van der Waals surface area contributed by atoms with Crippen LogP contribution in [0.3, 0.4) is 0 Å². The van der Waals surface area contributed by atoms with E-state index in [1.54, 1.807) is 14.2 Å². The molecule has 7 nitrogen and oxygen atoms in total. The van der Waals surface area contributed by atoms with Gasteiger partial charge in [-0.2, -0.15) is 0 Å². The van der Waals surface area contributed by atoms with E-state index in [-0.39, 0.29) is 0 Å². The van der Waals surface area contributed by atoms with Crippen molar-refractivity contribution in [2.45, 2.75) is 45.6 Å². The zero-order chi connectivity index (χ0) is 24.8. The Morgan fingerprint density at radius 3 is 2.47 bits per heavy atom. The highest BCUT2D eigenvalue weighted by atomic mass is 16.5. The molecule has 1 aliphatic rings. The minimum absolute atomic E-state index is 0.649. The van der Waals surface area contributed by atoms with Crippen molar-refractivity contribution in [1.82, 2.24) is 4.90 Å². The number of carbonyl (C=O) groups excluding carboxylic acids is 1. The quantitative estimate of drug-likeness (QED) is 0.464. The Balaban J connectivity index is 0.00000199. The number of methoxy groups -OCH3 is 2. The molecular formula is C27H41N3O4. The van der Waals surface area contributed by atoms with Crippen molar-refractivity contribution in [3.05, 3.63) is 47.5 Å². The molecule has 1 aliphatic heterocycles. The Labute approximate surface area is 204 Å². The highest BCUT2D eigenvalue weighted by Crippen LogP contribution is 2.33. The molecule has 0 amide bonds. The molecule has 0 bridgehead atoms. The van der Waals surface area contributed by atoms with Gasteiger partial charge in [-0.3, -0.25) is 4.90 Å². The molecule has 0 radical (unpaired) electrons. The van der Waals surface area contributed by atoms with E-state index >= 15 is 0 Å². The largest absolute Gasteiger partial charge is 0.496 e. The summed E-state index contributed by atoms with van der Waals surface area (Å²) in [7, 11) is 3.44. The number of unbranched alkanes of at least 4 members (excludes halogenated alkanes) is 2. The summed E-state index contributed by atoms with van der Waals surface area (Å²) < 4.78 is 17.2. The van der Waals surface area contributed by atoms with Crippen molar-refractivity contribution in [2.75, 3.05) is 52.0 Å². The maximum absolute atomic E-state index is 8.00. The van der Waals surface area contributed by atoms with E-state index in [0.29, 0.717) is 6.54 Å². The number of nitrogens with zero attached hydrogens (tertiary/aromatic N) is 2. The van der Waals surface area contributed by atoms with Crippen LogP contribution >= 0.6 is 0 Å². The van der Waals surface area contributed by atoms with E-state index in [4.69, 9.17) is 24.7 Å². The third kappa shape index (κ3) is 7.92. The summed E-state index contributed by atoms with van der Waals surface area (Å²) in [4.78, 5) is 12.9. The molecule has 0 aliphatic carbocycles. The fraction of sp³-hybridized carbons (Fsp3) is 0.519. The molecule has 0 saturated carbocycles. The van der Waals surface area contributed by atoms with Gasteiger partial charge < -0.3 is 29.6 Å². The van der Waals surface area contributed by atoms with Crippen LogP contribution in [-0.2, 0) is 17.8 Å². The number of benzene rings is 2. The lowest BCUT2D eigenvalue weighted by Gasteiger charge is -2.37. The smallest absolute Gasteiger partial charge is 0.163 e. The topological polar surface area (TPSA) is 77.3 Å². The molecule has 2 N–H and O–H groups in total. The second-order valence-corrected chi connectivity index (χ2v) is 8.39. The standard InChI is InChI=1S/C26H39N3O3.CH2O/c1-4-5-6-16-32-26-18-23(10-11-24(26)30-2)29-15-7-14-28(20-29)19-22-9-8-21(12-13-27)17-25(22)31-3;1-2/h8-11,17-18H,4-7,12-16,19-20,27H2,1-3H3;1H2. The Hall–Kier alpha value is -2.77. The number of hydrogen-bond donors (Lipinski definition) is 1. The van der Waals surface area contributed by atoms with E-state index in [1.165, 1.54) is 29.7 Å². The average molecular weight is 472 g/mol. The summed E-state index contributed by atoms with van der Waals surface area (Å²) in [6, 6.07) is 12.7. The van der Waals surface area contributed by atoms with Crippen LogP contribution in [0.4, 0.5) is 5.69 Å². The molecule has 34 heavy (non-hydrogen) atoms. The number of hydrogen-bond acceptors (Lipinski definition) is 7. The van der Waals surface area contributed by atoms with Gasteiger partial charge in [0.05, 0.1) is 27.5 Å². The average Bonchev–Trinajstić information content (AvgIpc) is 2.89. The van der Waals surface area contributed by atoms with Gasteiger partial charge in [0, 0.05) is 37.0 Å². The van der Waals surface area contributed by atoms with Gasteiger partial charge in [-0.1, -0.05) is 31.9 Å². The maximum atomic E-state index is 8.00. The van der Waals surface area contributed by atoms with Crippen LogP contribution < -0.4 is 24.8 Å². The number of ether oxygens (including phenoxy) is 3. The van der Waals surface area contributed by atoms with Crippen molar-refractivity contribution >= 4 is 12.5 Å². The molecule has 0 aromatic heterocycles. The molecule has 1 heterocycles. The molecule has 2 aromatic rings. The second-order valence-electron chi connectivity index (χ2n) is 8.39. The van der Waals surface area contributed by atoms with Gasteiger partial charge in [0.25, 0.3) is 0 Å². The summed E-state index contributed by atoms with van der Waals surface area (Å²) in [5.41, 5.74) is 9.31. The van der Waals surface area contributed by atoms with Crippen LogP contribution in [0.15, 0.2) is 36.4 Å². The highest BCUT2D eigenvalue weighted by molar-refractivity contribution is 5.56. The molecule has 0 atom stereocenters. The number of nitrogens with two attached hydrogens (primary N) is 1. The molecule has 1 saturated heterocycles. The third-order valence-electron chi connectivity index (χ3n) is 5.97. The lowest BCUT2D eigenvalue weighted by atomic mass is 10.1. The minimum Gasteiger partial charge on any atom is -0.496 e. The van der Waals surface area contributed by atoms with Gasteiger partial charge in [0.2, 0.25) is 0 Å². The van der Waals surface area contributed by atoms with Crippen LogP contribution in [0.25, 0.3) is 0 Å². The monoisotopic (exact) mass is 471 g/mol. The first kappa shape index (κ1) is 27.5. The lowest BCUT2D eigenvalue weighted by Crippen LogP contribution is -2.44. The van der Waals surface area contributed by atoms with Crippen molar-refractivity contribution < 1.29 is 19.0 Å².